The molecule has 1 aromatic carbocycles. The summed E-state index contributed by atoms with van der Waals surface area (Å²) in [5.74, 6) is 0. The number of benzene rings is 1. The second kappa shape index (κ2) is 4.45. The molecular weight excluding hydrogens is 187 g/mol. The summed E-state index contributed by atoms with van der Waals surface area (Å²) in [7, 11) is 0.256. The summed E-state index contributed by atoms with van der Waals surface area (Å²) in [5.41, 5.74) is 3.51. The molecule has 1 heteroatoms. The predicted molar refractivity (Wildman–Crippen MR) is 65.2 cm³/mol. The quantitative estimate of drug-likeness (QED) is 0.635. The van der Waals surface area contributed by atoms with Crippen LogP contribution in [0.3, 0.4) is 0 Å². The van der Waals surface area contributed by atoms with Gasteiger partial charge in [0, 0.05) is 0 Å². The molecule has 0 aromatic heterocycles. The first-order chi connectivity index (χ1) is 6.77. The molecule has 0 N–H and O–H groups in total. The molecule has 14 heavy (non-hydrogen) atoms. The molecule has 0 bridgehead atoms. The van der Waals surface area contributed by atoms with Crippen LogP contribution >= 0.6 is 7.92 Å². The van der Waals surface area contributed by atoms with Crippen LogP contribution in [-0.2, 0) is 6.16 Å². The summed E-state index contributed by atoms with van der Waals surface area (Å²) in [6.45, 7) is 4.89. The van der Waals surface area contributed by atoms with E-state index in [0.717, 1.165) is 11.3 Å². The molecule has 0 unspecified atom stereocenters. The first-order valence-corrected chi connectivity index (χ1v) is 7.23. The Morgan fingerprint density at radius 2 is 1.64 bits per heavy atom. The third-order valence-corrected chi connectivity index (χ3v) is 6.85. The van der Waals surface area contributed by atoms with Gasteiger partial charge in [-0.15, -0.1) is 0 Å². The zero-order valence-electron chi connectivity index (χ0n) is 9.11. The van der Waals surface area contributed by atoms with Gasteiger partial charge in [0.25, 0.3) is 0 Å². The second-order valence-electron chi connectivity index (χ2n) is 4.43. The minimum Gasteiger partial charge on any atom is -0.0964 e. The average Bonchev–Trinajstić information content (AvgIpc) is 2.51. The van der Waals surface area contributed by atoms with Crippen LogP contribution < -0.4 is 0 Å². The Hall–Kier alpha value is -0.350. The van der Waals surface area contributed by atoms with Crippen LogP contribution in [0.15, 0.2) is 30.3 Å². The van der Waals surface area contributed by atoms with E-state index >= 15 is 0 Å². The van der Waals surface area contributed by atoms with Crippen molar-refractivity contribution in [2.75, 3.05) is 0 Å². The summed E-state index contributed by atoms with van der Waals surface area (Å²) >= 11 is 0. The highest BCUT2D eigenvalue weighted by Crippen LogP contribution is 2.57. The van der Waals surface area contributed by atoms with Crippen molar-refractivity contribution >= 4 is 7.92 Å². The maximum absolute atomic E-state index is 2.44. The smallest absolute Gasteiger partial charge is 0.00683 e. The normalized spacial score (nSPS) is 28.1. The molecule has 1 heterocycles. The van der Waals surface area contributed by atoms with Crippen LogP contribution in [0.2, 0.25) is 0 Å². The molecule has 0 spiro atoms. The van der Waals surface area contributed by atoms with Gasteiger partial charge in [-0.2, -0.15) is 0 Å². The summed E-state index contributed by atoms with van der Waals surface area (Å²) in [6.07, 6.45) is 4.26. The van der Waals surface area contributed by atoms with Crippen molar-refractivity contribution in [3.05, 3.63) is 35.9 Å². The van der Waals surface area contributed by atoms with Gasteiger partial charge in [0.2, 0.25) is 0 Å². The zero-order valence-corrected chi connectivity index (χ0v) is 10.0. The Labute approximate surface area is 88.5 Å². The SMILES string of the molecule is C[C@H]1CC[C@H](C)P1Cc1ccccc1. The number of hydrogen-bond donors (Lipinski definition) is 0. The molecule has 1 aliphatic rings. The highest BCUT2D eigenvalue weighted by Gasteiger charge is 2.29. The fourth-order valence-corrected chi connectivity index (χ4v) is 5.44. The maximum Gasteiger partial charge on any atom is -0.00683 e. The number of rotatable bonds is 2. The van der Waals surface area contributed by atoms with Crippen molar-refractivity contribution in [2.24, 2.45) is 0 Å². The second-order valence-corrected chi connectivity index (χ2v) is 7.54. The van der Waals surface area contributed by atoms with Crippen LogP contribution in [0.4, 0.5) is 0 Å². The molecular formula is C13H19P. The fourth-order valence-electron chi connectivity index (χ4n) is 2.35. The van der Waals surface area contributed by atoms with Gasteiger partial charge >= 0.3 is 0 Å². The molecule has 0 amide bonds. The maximum atomic E-state index is 2.44. The minimum atomic E-state index is 0.256. The molecule has 1 fully saturated rings. The van der Waals surface area contributed by atoms with E-state index < -0.39 is 0 Å². The Morgan fingerprint density at radius 3 is 2.21 bits per heavy atom. The van der Waals surface area contributed by atoms with Crippen molar-refractivity contribution in [1.82, 2.24) is 0 Å². The van der Waals surface area contributed by atoms with Crippen LogP contribution in [0.5, 0.6) is 0 Å². The third-order valence-electron chi connectivity index (χ3n) is 3.34. The van der Waals surface area contributed by atoms with Crippen LogP contribution in [0.25, 0.3) is 0 Å². The zero-order chi connectivity index (χ0) is 9.97. The van der Waals surface area contributed by atoms with E-state index in [9.17, 15) is 0 Å². The summed E-state index contributed by atoms with van der Waals surface area (Å²) in [4.78, 5) is 0. The lowest BCUT2D eigenvalue weighted by molar-refractivity contribution is 0.777. The molecule has 2 atom stereocenters. The lowest BCUT2D eigenvalue weighted by Gasteiger charge is -2.20. The van der Waals surface area contributed by atoms with Gasteiger partial charge < -0.3 is 0 Å². The topological polar surface area (TPSA) is 0 Å². The molecule has 1 saturated heterocycles. The van der Waals surface area contributed by atoms with Gasteiger partial charge in [0.05, 0.1) is 0 Å². The minimum absolute atomic E-state index is 0.256. The van der Waals surface area contributed by atoms with Gasteiger partial charge in [0.15, 0.2) is 0 Å². The lowest BCUT2D eigenvalue weighted by atomic mass is 10.2. The van der Waals surface area contributed by atoms with E-state index in [1.165, 1.54) is 19.0 Å². The van der Waals surface area contributed by atoms with E-state index in [-0.39, 0.29) is 7.92 Å². The van der Waals surface area contributed by atoms with Crippen LogP contribution in [0.1, 0.15) is 32.3 Å². The molecule has 0 nitrogen and oxygen atoms in total. The largest absolute Gasteiger partial charge is 0.0964 e. The van der Waals surface area contributed by atoms with Crippen molar-refractivity contribution in [3.63, 3.8) is 0 Å². The molecule has 1 aromatic rings. The number of hydrogen-bond acceptors (Lipinski definition) is 0. The molecule has 0 aliphatic carbocycles. The summed E-state index contributed by atoms with van der Waals surface area (Å²) in [5, 5.41) is 0. The van der Waals surface area contributed by atoms with Gasteiger partial charge in [-0.05, 0) is 35.9 Å². The molecule has 0 radical (unpaired) electrons. The van der Waals surface area contributed by atoms with Crippen molar-refractivity contribution in [2.45, 2.75) is 44.2 Å². The van der Waals surface area contributed by atoms with Crippen molar-refractivity contribution in [3.8, 4) is 0 Å². The molecule has 1 aliphatic heterocycles. The highest BCUT2D eigenvalue weighted by molar-refractivity contribution is 7.58. The van der Waals surface area contributed by atoms with E-state index in [1.54, 1.807) is 5.56 Å². The Kier molecular flexibility index (Phi) is 3.23. The first-order valence-electron chi connectivity index (χ1n) is 5.57. The van der Waals surface area contributed by atoms with E-state index in [4.69, 9.17) is 0 Å². The van der Waals surface area contributed by atoms with Gasteiger partial charge in [-0.3, -0.25) is 0 Å². The highest BCUT2D eigenvalue weighted by atomic mass is 31.1. The summed E-state index contributed by atoms with van der Waals surface area (Å²) in [6, 6.07) is 11.0. The van der Waals surface area contributed by atoms with E-state index in [0.29, 0.717) is 0 Å². The Balaban J connectivity index is 2.04. The van der Waals surface area contributed by atoms with E-state index in [1.807, 2.05) is 0 Å². The fraction of sp³-hybridized carbons (Fsp3) is 0.538. The van der Waals surface area contributed by atoms with Gasteiger partial charge in [-0.1, -0.05) is 52.1 Å². The lowest BCUT2D eigenvalue weighted by Crippen LogP contribution is -1.99. The Bertz CT molecular complexity index is 271. The van der Waals surface area contributed by atoms with Gasteiger partial charge in [-0.25, -0.2) is 0 Å². The monoisotopic (exact) mass is 206 g/mol. The van der Waals surface area contributed by atoms with Crippen molar-refractivity contribution in [1.29, 1.82) is 0 Å². The van der Waals surface area contributed by atoms with Gasteiger partial charge in [0.1, 0.15) is 0 Å². The Morgan fingerprint density at radius 1 is 1.07 bits per heavy atom. The molecule has 2 rings (SSSR count). The van der Waals surface area contributed by atoms with Crippen molar-refractivity contribution < 1.29 is 0 Å². The first kappa shape index (κ1) is 10.2. The predicted octanol–water partition coefficient (Wildman–Crippen LogP) is 4.24. The standard InChI is InChI=1S/C13H19P/c1-11-8-9-12(2)14(11)10-13-6-4-3-5-7-13/h3-7,11-12H,8-10H2,1-2H3/t11-,12-/m0/s1. The van der Waals surface area contributed by atoms with Crippen LogP contribution in [0, 0.1) is 0 Å². The van der Waals surface area contributed by atoms with Crippen LogP contribution in [-0.4, -0.2) is 11.3 Å². The average molecular weight is 206 g/mol. The molecule has 76 valence electrons. The van der Waals surface area contributed by atoms with E-state index in [2.05, 4.69) is 44.2 Å². The summed E-state index contributed by atoms with van der Waals surface area (Å²) < 4.78 is 0. The molecule has 0 saturated carbocycles. The third kappa shape index (κ3) is 2.17.